The lowest BCUT2D eigenvalue weighted by Gasteiger charge is -2.34. The number of piperidine rings is 1. The first-order valence-corrected chi connectivity index (χ1v) is 11.2. The van der Waals surface area contributed by atoms with E-state index in [4.69, 9.17) is 21.1 Å². The number of likely N-dealkylation sites (tertiary alicyclic amines) is 1. The number of imidazole rings is 1. The second-order valence-corrected chi connectivity index (χ2v) is 8.53. The first-order chi connectivity index (χ1) is 16.1. The number of pyridine rings is 1. The number of aromatic nitrogens is 3. The van der Waals surface area contributed by atoms with E-state index in [1.54, 1.807) is 18.7 Å². The third-order valence-corrected chi connectivity index (χ3v) is 6.31. The smallest absolute Gasteiger partial charge is 0.408 e. The zero-order valence-corrected chi connectivity index (χ0v) is 18.5. The third-order valence-electron chi connectivity index (χ3n) is 5.90. The molecule has 0 saturated carbocycles. The van der Waals surface area contributed by atoms with Crippen LogP contribution in [0.25, 0.3) is 11.4 Å². The van der Waals surface area contributed by atoms with Gasteiger partial charge in [0.2, 0.25) is 0 Å². The maximum Gasteiger partial charge on any atom is 0.408 e. The summed E-state index contributed by atoms with van der Waals surface area (Å²) < 4.78 is 14.0. The van der Waals surface area contributed by atoms with Gasteiger partial charge in [0.15, 0.2) is 0 Å². The Labute approximate surface area is 196 Å². The quantitative estimate of drug-likeness (QED) is 0.422. The summed E-state index contributed by atoms with van der Waals surface area (Å²) in [5.74, 6) is 1.41. The second kappa shape index (κ2) is 9.15. The molecule has 2 aliphatic rings. The molecule has 33 heavy (non-hydrogen) atoms. The highest BCUT2D eigenvalue weighted by molar-refractivity contribution is 6.21. The topological polar surface area (TPSA) is 89.7 Å². The molecule has 0 bridgehead atoms. The van der Waals surface area contributed by atoms with Gasteiger partial charge in [-0.3, -0.25) is 14.5 Å². The lowest BCUT2D eigenvalue weighted by molar-refractivity contribution is -0.0937. The maximum atomic E-state index is 11.4. The fourth-order valence-corrected chi connectivity index (χ4v) is 4.68. The van der Waals surface area contributed by atoms with Crippen LogP contribution in [-0.4, -0.2) is 42.7 Å². The van der Waals surface area contributed by atoms with Gasteiger partial charge in [0.1, 0.15) is 23.3 Å². The molecule has 2 aliphatic heterocycles. The van der Waals surface area contributed by atoms with Crippen molar-refractivity contribution in [2.75, 3.05) is 6.54 Å². The van der Waals surface area contributed by atoms with E-state index < -0.39 is 18.0 Å². The van der Waals surface area contributed by atoms with Gasteiger partial charge in [-0.2, -0.15) is 0 Å². The number of allylic oxidation sites excluding steroid dienone is 1. The SMILES string of the molecule is O=C(O)N1CCC(c2ncc(-c3ccccn3)n2C2OC=C(Cc3ccccc3)O2)CC1Cl. The molecule has 0 spiro atoms. The summed E-state index contributed by atoms with van der Waals surface area (Å²) in [6.07, 6.45) is 5.04. The largest absolute Gasteiger partial charge is 0.465 e. The van der Waals surface area contributed by atoms with Crippen LogP contribution in [0.1, 0.15) is 36.6 Å². The average Bonchev–Trinajstić information content (AvgIpc) is 3.47. The monoisotopic (exact) mass is 466 g/mol. The number of benzene rings is 1. The van der Waals surface area contributed by atoms with Crippen LogP contribution in [0.4, 0.5) is 4.79 Å². The van der Waals surface area contributed by atoms with Crippen molar-refractivity contribution in [3.63, 3.8) is 0 Å². The predicted molar refractivity (Wildman–Crippen MR) is 121 cm³/mol. The van der Waals surface area contributed by atoms with Crippen molar-refractivity contribution >= 4 is 17.7 Å². The van der Waals surface area contributed by atoms with Crippen LogP contribution in [0, 0.1) is 0 Å². The number of halogens is 1. The first-order valence-electron chi connectivity index (χ1n) is 10.8. The molecule has 0 aliphatic carbocycles. The van der Waals surface area contributed by atoms with E-state index in [-0.39, 0.29) is 5.92 Å². The number of amides is 1. The van der Waals surface area contributed by atoms with E-state index >= 15 is 0 Å². The number of carboxylic acid groups (broad SMARTS) is 1. The Morgan fingerprint density at radius 2 is 1.97 bits per heavy atom. The number of rotatable bonds is 5. The first kappa shape index (κ1) is 21.3. The van der Waals surface area contributed by atoms with Gasteiger partial charge in [0.25, 0.3) is 0 Å². The summed E-state index contributed by atoms with van der Waals surface area (Å²) in [4.78, 5) is 21.8. The molecule has 2 aromatic heterocycles. The van der Waals surface area contributed by atoms with Gasteiger partial charge in [-0.05, 0) is 30.5 Å². The van der Waals surface area contributed by atoms with Gasteiger partial charge in [-0.25, -0.2) is 9.78 Å². The van der Waals surface area contributed by atoms with Crippen molar-refractivity contribution in [2.24, 2.45) is 0 Å². The van der Waals surface area contributed by atoms with E-state index in [1.807, 2.05) is 53.1 Å². The van der Waals surface area contributed by atoms with Crippen molar-refractivity contribution in [1.82, 2.24) is 19.4 Å². The molecule has 4 heterocycles. The number of carbonyl (C=O) groups is 1. The molecule has 3 atom stereocenters. The highest BCUT2D eigenvalue weighted by Gasteiger charge is 2.36. The van der Waals surface area contributed by atoms with Crippen molar-refractivity contribution in [2.45, 2.75) is 37.1 Å². The van der Waals surface area contributed by atoms with Crippen LogP contribution in [0.5, 0.6) is 0 Å². The van der Waals surface area contributed by atoms with Gasteiger partial charge >= 0.3 is 12.5 Å². The van der Waals surface area contributed by atoms with Crippen molar-refractivity contribution < 1.29 is 19.4 Å². The number of ether oxygens (including phenoxy) is 2. The van der Waals surface area contributed by atoms with Crippen LogP contribution in [0.15, 0.2) is 72.9 Å². The Kier molecular flexibility index (Phi) is 5.92. The van der Waals surface area contributed by atoms with Gasteiger partial charge in [-0.15, -0.1) is 0 Å². The molecule has 0 radical (unpaired) electrons. The van der Waals surface area contributed by atoms with Crippen LogP contribution in [-0.2, 0) is 15.9 Å². The number of alkyl halides is 1. The zero-order valence-electron chi connectivity index (χ0n) is 17.8. The molecule has 5 rings (SSSR count). The summed E-state index contributed by atoms with van der Waals surface area (Å²) >= 11 is 6.39. The standard InChI is InChI=1S/C24H23ClN4O4/c25-21-13-17(9-11-28(21)23(30)31)22-27-14-20(19-8-4-5-10-26-19)29(22)24-32-15-18(33-24)12-16-6-2-1-3-7-16/h1-8,10,14-15,17,21,24H,9,11-13H2,(H,30,31). The molecule has 1 amide bonds. The zero-order chi connectivity index (χ0) is 22.8. The Morgan fingerprint density at radius 1 is 1.15 bits per heavy atom. The van der Waals surface area contributed by atoms with Gasteiger partial charge < -0.3 is 14.6 Å². The molecule has 1 fully saturated rings. The Morgan fingerprint density at radius 3 is 2.70 bits per heavy atom. The fraction of sp³-hybridized carbons (Fsp3) is 0.292. The third kappa shape index (κ3) is 4.39. The lowest BCUT2D eigenvalue weighted by atomic mass is 9.96. The molecule has 3 aromatic rings. The minimum atomic E-state index is -1.01. The van der Waals surface area contributed by atoms with Crippen LogP contribution in [0.2, 0.25) is 0 Å². The van der Waals surface area contributed by atoms with E-state index in [9.17, 15) is 9.90 Å². The summed E-state index contributed by atoms with van der Waals surface area (Å²) in [6.45, 7) is 0.337. The van der Waals surface area contributed by atoms with E-state index in [1.165, 1.54) is 4.90 Å². The highest BCUT2D eigenvalue weighted by Crippen LogP contribution is 2.38. The molecular weight excluding hydrogens is 444 g/mol. The summed E-state index contributed by atoms with van der Waals surface area (Å²) in [5, 5.41) is 9.36. The molecule has 8 nitrogen and oxygen atoms in total. The predicted octanol–water partition coefficient (Wildman–Crippen LogP) is 4.95. The Balaban J connectivity index is 1.43. The second-order valence-electron chi connectivity index (χ2n) is 8.03. The molecule has 1 saturated heterocycles. The molecule has 1 N–H and O–H groups in total. The summed E-state index contributed by atoms with van der Waals surface area (Å²) in [7, 11) is 0. The number of hydrogen-bond donors (Lipinski definition) is 1. The van der Waals surface area contributed by atoms with Crippen LogP contribution >= 0.6 is 11.6 Å². The molecule has 3 unspecified atom stereocenters. The van der Waals surface area contributed by atoms with Crippen molar-refractivity contribution in [3.8, 4) is 11.4 Å². The average molecular weight is 467 g/mol. The van der Waals surface area contributed by atoms with Gasteiger partial charge in [0.05, 0.1) is 17.6 Å². The number of nitrogens with zero attached hydrogens (tertiary/aromatic N) is 4. The van der Waals surface area contributed by atoms with Crippen molar-refractivity contribution in [3.05, 3.63) is 84.3 Å². The fourth-order valence-electron chi connectivity index (χ4n) is 4.28. The lowest BCUT2D eigenvalue weighted by Crippen LogP contribution is -2.42. The van der Waals surface area contributed by atoms with E-state index in [0.717, 1.165) is 22.8 Å². The Hall–Kier alpha value is -3.52. The Bertz CT molecular complexity index is 1150. The number of hydrogen-bond acceptors (Lipinski definition) is 5. The van der Waals surface area contributed by atoms with Crippen LogP contribution in [0.3, 0.4) is 0 Å². The molecular formula is C24H23ClN4O4. The maximum absolute atomic E-state index is 11.4. The van der Waals surface area contributed by atoms with Crippen molar-refractivity contribution in [1.29, 1.82) is 0 Å². The molecule has 1 aromatic carbocycles. The summed E-state index contributed by atoms with van der Waals surface area (Å²) in [6, 6.07) is 15.7. The minimum absolute atomic E-state index is 0.0501. The molecule has 170 valence electrons. The minimum Gasteiger partial charge on any atom is -0.465 e. The highest BCUT2D eigenvalue weighted by atomic mass is 35.5. The molecule has 9 heteroatoms. The normalized spacial score (nSPS) is 22.4. The van der Waals surface area contributed by atoms with E-state index in [2.05, 4.69) is 9.97 Å². The van der Waals surface area contributed by atoms with E-state index in [0.29, 0.717) is 31.6 Å². The summed E-state index contributed by atoms with van der Waals surface area (Å²) in [5.41, 5.74) is 2.00. The van der Waals surface area contributed by atoms with Gasteiger partial charge in [-0.1, -0.05) is 48.0 Å². The van der Waals surface area contributed by atoms with Crippen LogP contribution < -0.4 is 0 Å². The van der Waals surface area contributed by atoms with Gasteiger partial charge in [0, 0.05) is 25.1 Å².